The van der Waals surface area contributed by atoms with Crippen molar-refractivity contribution >= 4 is 17.3 Å². The van der Waals surface area contributed by atoms with Gasteiger partial charge in [-0.05, 0) is 56.6 Å². The van der Waals surface area contributed by atoms with Gasteiger partial charge in [-0.3, -0.25) is 4.79 Å². The Bertz CT molecular complexity index is 593. The monoisotopic (exact) mass is 362 g/mol. The maximum absolute atomic E-state index is 11.6. The van der Waals surface area contributed by atoms with Gasteiger partial charge in [-0.2, -0.15) is 0 Å². The molecule has 3 N–H and O–H groups in total. The molecule has 6 nitrogen and oxygen atoms in total. The van der Waals surface area contributed by atoms with E-state index in [-0.39, 0.29) is 18.2 Å². The van der Waals surface area contributed by atoms with Gasteiger partial charge in [0.25, 0.3) is 0 Å². The molecule has 3 rings (SSSR count). The highest BCUT2D eigenvalue weighted by Gasteiger charge is 2.26. The first-order chi connectivity index (χ1) is 12.7. The van der Waals surface area contributed by atoms with E-state index in [0.717, 1.165) is 69.5 Å². The number of hydrogen-bond donors (Lipinski definition) is 2. The Labute approximate surface area is 155 Å². The fourth-order valence-corrected chi connectivity index (χ4v) is 3.74. The number of nitrogens with two attached hydrogens (primary N) is 1. The summed E-state index contributed by atoms with van der Waals surface area (Å²) >= 11 is 0. The van der Waals surface area contributed by atoms with Crippen LogP contribution in [0.25, 0.3) is 0 Å². The molecule has 0 spiro atoms. The van der Waals surface area contributed by atoms with Gasteiger partial charge in [0.05, 0.1) is 31.0 Å². The largest absolute Gasteiger partial charge is 0.469 e. The minimum absolute atomic E-state index is 0.0635. The highest BCUT2D eigenvalue weighted by atomic mass is 16.7. The number of anilines is 2. The molecular weight excluding hydrogens is 332 g/mol. The second kappa shape index (κ2) is 9.12. The van der Waals surface area contributed by atoms with Gasteiger partial charge in [-0.15, -0.1) is 0 Å². The zero-order chi connectivity index (χ0) is 18.4. The Morgan fingerprint density at radius 1 is 1.23 bits per heavy atom. The van der Waals surface area contributed by atoms with Crippen molar-refractivity contribution in [3.8, 4) is 5.75 Å². The number of nitrogens with one attached hydrogen (secondary N) is 1. The average Bonchev–Trinajstić information content (AvgIpc) is 2.69. The fraction of sp³-hybridized carbons (Fsp3) is 0.650. The Balaban J connectivity index is 1.50. The molecule has 1 saturated heterocycles. The van der Waals surface area contributed by atoms with Crippen molar-refractivity contribution in [3.63, 3.8) is 0 Å². The lowest BCUT2D eigenvalue weighted by atomic mass is 9.82. The molecule has 26 heavy (non-hydrogen) atoms. The van der Waals surface area contributed by atoms with E-state index in [4.69, 9.17) is 19.9 Å². The molecule has 0 aromatic heterocycles. The van der Waals surface area contributed by atoms with Crippen LogP contribution >= 0.6 is 0 Å². The van der Waals surface area contributed by atoms with E-state index in [1.165, 1.54) is 7.11 Å². The van der Waals surface area contributed by atoms with E-state index < -0.39 is 0 Å². The van der Waals surface area contributed by atoms with Crippen LogP contribution < -0.4 is 15.8 Å². The molecule has 1 aliphatic carbocycles. The van der Waals surface area contributed by atoms with Crippen molar-refractivity contribution in [3.05, 3.63) is 18.2 Å². The SMILES string of the molecule is COC(=O)C1CCC(CNc2cc(OC3CCCCO3)ccc2N)CC1. The van der Waals surface area contributed by atoms with E-state index in [1.54, 1.807) is 0 Å². The molecule has 0 radical (unpaired) electrons. The molecule has 0 amide bonds. The molecule has 2 fully saturated rings. The third kappa shape index (κ3) is 5.04. The summed E-state index contributed by atoms with van der Waals surface area (Å²) in [7, 11) is 1.46. The molecule has 1 unspecified atom stereocenters. The first-order valence-electron chi connectivity index (χ1n) is 9.65. The Morgan fingerprint density at radius 2 is 2.04 bits per heavy atom. The van der Waals surface area contributed by atoms with Crippen LogP contribution in [-0.4, -0.2) is 32.5 Å². The van der Waals surface area contributed by atoms with Crippen LogP contribution in [0.3, 0.4) is 0 Å². The van der Waals surface area contributed by atoms with E-state index in [9.17, 15) is 4.79 Å². The first-order valence-corrected chi connectivity index (χ1v) is 9.65. The van der Waals surface area contributed by atoms with E-state index >= 15 is 0 Å². The van der Waals surface area contributed by atoms with Crippen LogP contribution in [-0.2, 0) is 14.3 Å². The van der Waals surface area contributed by atoms with E-state index in [2.05, 4.69) is 5.32 Å². The minimum Gasteiger partial charge on any atom is -0.469 e. The normalized spacial score (nSPS) is 26.1. The van der Waals surface area contributed by atoms with Crippen LogP contribution in [0, 0.1) is 11.8 Å². The number of rotatable bonds is 6. The van der Waals surface area contributed by atoms with Crippen LogP contribution in [0.4, 0.5) is 11.4 Å². The van der Waals surface area contributed by atoms with E-state index in [1.807, 2.05) is 18.2 Å². The zero-order valence-corrected chi connectivity index (χ0v) is 15.5. The van der Waals surface area contributed by atoms with E-state index in [0.29, 0.717) is 11.6 Å². The lowest BCUT2D eigenvalue weighted by molar-refractivity contribution is -0.146. The van der Waals surface area contributed by atoms with Gasteiger partial charge in [0, 0.05) is 19.0 Å². The number of ether oxygens (including phenoxy) is 3. The molecule has 144 valence electrons. The number of nitrogen functional groups attached to an aromatic ring is 1. The zero-order valence-electron chi connectivity index (χ0n) is 15.5. The predicted molar refractivity (Wildman–Crippen MR) is 101 cm³/mol. The highest BCUT2D eigenvalue weighted by molar-refractivity contribution is 5.72. The lowest BCUT2D eigenvalue weighted by Gasteiger charge is -2.27. The third-order valence-corrected chi connectivity index (χ3v) is 5.39. The maximum atomic E-state index is 11.6. The van der Waals surface area contributed by atoms with Crippen molar-refractivity contribution in [2.75, 3.05) is 31.3 Å². The smallest absolute Gasteiger partial charge is 0.308 e. The fourth-order valence-electron chi connectivity index (χ4n) is 3.74. The molecular formula is C20H30N2O4. The maximum Gasteiger partial charge on any atom is 0.308 e. The van der Waals surface area contributed by atoms with Gasteiger partial charge in [0.2, 0.25) is 0 Å². The number of methoxy groups -OCH3 is 1. The van der Waals surface area contributed by atoms with Crippen LogP contribution in [0.2, 0.25) is 0 Å². The molecule has 1 atom stereocenters. The second-order valence-electron chi connectivity index (χ2n) is 7.28. The van der Waals surface area contributed by atoms with Gasteiger partial charge < -0.3 is 25.3 Å². The molecule has 1 saturated carbocycles. The number of carbonyl (C=O) groups is 1. The summed E-state index contributed by atoms with van der Waals surface area (Å²) < 4.78 is 16.4. The van der Waals surface area contributed by atoms with Crippen molar-refractivity contribution in [1.29, 1.82) is 0 Å². The molecule has 2 aliphatic rings. The van der Waals surface area contributed by atoms with Crippen LogP contribution in [0.15, 0.2) is 18.2 Å². The summed E-state index contributed by atoms with van der Waals surface area (Å²) in [6.07, 6.45) is 6.86. The second-order valence-corrected chi connectivity index (χ2v) is 7.28. The molecule has 1 aromatic carbocycles. The van der Waals surface area contributed by atoms with Crippen LogP contribution in [0.1, 0.15) is 44.9 Å². The quantitative estimate of drug-likeness (QED) is 0.595. The van der Waals surface area contributed by atoms with Gasteiger partial charge in [-0.25, -0.2) is 0 Å². The Kier molecular flexibility index (Phi) is 6.61. The lowest BCUT2D eigenvalue weighted by Crippen LogP contribution is -2.26. The van der Waals surface area contributed by atoms with Gasteiger partial charge in [0.1, 0.15) is 5.75 Å². The summed E-state index contributed by atoms with van der Waals surface area (Å²) in [5.41, 5.74) is 7.72. The topological polar surface area (TPSA) is 82.8 Å². The van der Waals surface area contributed by atoms with Gasteiger partial charge >= 0.3 is 5.97 Å². The summed E-state index contributed by atoms with van der Waals surface area (Å²) in [6.45, 7) is 1.61. The predicted octanol–water partition coefficient (Wildman–Crippen LogP) is 3.57. The van der Waals surface area contributed by atoms with Crippen molar-refractivity contribution < 1.29 is 19.0 Å². The summed E-state index contributed by atoms with van der Waals surface area (Å²) in [6, 6.07) is 5.71. The summed E-state index contributed by atoms with van der Waals surface area (Å²) in [5, 5.41) is 3.46. The van der Waals surface area contributed by atoms with Gasteiger partial charge in [0.15, 0.2) is 6.29 Å². The average molecular weight is 362 g/mol. The molecule has 0 bridgehead atoms. The third-order valence-electron chi connectivity index (χ3n) is 5.39. The summed E-state index contributed by atoms with van der Waals surface area (Å²) in [5.74, 6) is 1.31. The number of hydrogen-bond acceptors (Lipinski definition) is 6. The number of carbonyl (C=O) groups excluding carboxylic acids is 1. The highest BCUT2D eigenvalue weighted by Crippen LogP contribution is 2.31. The summed E-state index contributed by atoms with van der Waals surface area (Å²) in [4.78, 5) is 11.6. The standard InChI is InChI=1S/C20H30N2O4/c1-24-20(23)15-7-5-14(6-8-15)13-22-18-12-16(9-10-17(18)21)26-19-4-2-3-11-25-19/h9-10,12,14-15,19,22H,2-8,11,13,21H2,1H3. The number of esters is 1. The van der Waals surface area contributed by atoms with Crippen LogP contribution in [0.5, 0.6) is 5.75 Å². The molecule has 1 heterocycles. The molecule has 1 aromatic rings. The van der Waals surface area contributed by atoms with Crippen molar-refractivity contribution in [1.82, 2.24) is 0 Å². The Hall–Kier alpha value is -1.95. The van der Waals surface area contributed by atoms with Gasteiger partial charge in [-0.1, -0.05) is 0 Å². The molecule has 6 heteroatoms. The Morgan fingerprint density at radius 3 is 2.73 bits per heavy atom. The molecule has 1 aliphatic heterocycles. The first kappa shape index (κ1) is 18.8. The van der Waals surface area contributed by atoms with Crippen molar-refractivity contribution in [2.24, 2.45) is 11.8 Å². The number of benzene rings is 1. The minimum atomic E-state index is -0.158. The van der Waals surface area contributed by atoms with Crippen molar-refractivity contribution in [2.45, 2.75) is 51.2 Å².